The van der Waals surface area contributed by atoms with Crippen LogP contribution in [0.1, 0.15) is 18.4 Å². The molecule has 6 heteroatoms. The summed E-state index contributed by atoms with van der Waals surface area (Å²) in [6.07, 6.45) is 5.88. The lowest BCUT2D eigenvalue weighted by atomic mass is 10.0. The van der Waals surface area contributed by atoms with Crippen molar-refractivity contribution in [3.63, 3.8) is 0 Å². The number of hydrogen-bond donors (Lipinski definition) is 1. The summed E-state index contributed by atoms with van der Waals surface area (Å²) in [7, 11) is -0.603. The molecule has 1 fully saturated rings. The van der Waals surface area contributed by atoms with Crippen LogP contribution in [0.2, 0.25) is 0 Å². The highest BCUT2D eigenvalue weighted by atomic mass is 32.2. The van der Waals surface area contributed by atoms with Gasteiger partial charge in [-0.1, -0.05) is 29.8 Å². The average molecular weight is 354 g/mol. The van der Waals surface area contributed by atoms with Gasteiger partial charge < -0.3 is 5.32 Å². The number of rotatable bonds is 4. The smallest absolute Gasteiger partial charge is 0.165 e. The Labute approximate surface area is 149 Å². The third-order valence-electron chi connectivity index (χ3n) is 4.78. The quantitative estimate of drug-likeness (QED) is 0.781. The van der Waals surface area contributed by atoms with Gasteiger partial charge in [0.15, 0.2) is 5.65 Å². The van der Waals surface area contributed by atoms with E-state index in [0.717, 1.165) is 53.5 Å². The number of aromatic nitrogens is 3. The van der Waals surface area contributed by atoms with E-state index in [4.69, 9.17) is 4.98 Å². The first-order valence-electron chi connectivity index (χ1n) is 8.69. The van der Waals surface area contributed by atoms with E-state index in [0.29, 0.717) is 5.92 Å². The molecule has 1 aliphatic heterocycles. The Hall–Kier alpha value is -2.21. The maximum atomic E-state index is 11.5. The van der Waals surface area contributed by atoms with Crippen molar-refractivity contribution in [3.05, 3.63) is 48.3 Å². The number of nitrogens with one attached hydrogen (secondary N) is 1. The van der Waals surface area contributed by atoms with E-state index in [2.05, 4.69) is 41.6 Å². The van der Waals surface area contributed by atoms with Crippen LogP contribution in [0.4, 0.5) is 5.82 Å². The standard InChI is InChI=1S/C19H22N4OS/c1-14-3-2-4-16(11-14)17-13-21-23-8-5-18(22-19(17)23)20-12-15-6-9-25(24)10-7-15/h2-5,8,11,13,15H,6-7,9-10,12H2,1H3,(H,20,22). The van der Waals surface area contributed by atoms with E-state index in [1.54, 1.807) is 0 Å². The maximum absolute atomic E-state index is 11.5. The fourth-order valence-corrected chi connectivity index (χ4v) is 4.68. The summed E-state index contributed by atoms with van der Waals surface area (Å²) >= 11 is 0. The molecular weight excluding hydrogens is 332 g/mol. The van der Waals surface area contributed by atoms with Gasteiger partial charge in [0, 0.05) is 40.6 Å². The normalized spacial score (nSPS) is 20.7. The highest BCUT2D eigenvalue weighted by molar-refractivity contribution is 7.85. The van der Waals surface area contributed by atoms with Gasteiger partial charge in [0.2, 0.25) is 0 Å². The molecule has 0 amide bonds. The molecule has 0 spiro atoms. The van der Waals surface area contributed by atoms with E-state index in [1.165, 1.54) is 5.56 Å². The van der Waals surface area contributed by atoms with Crippen LogP contribution >= 0.6 is 0 Å². The first kappa shape index (κ1) is 16.3. The monoisotopic (exact) mass is 354 g/mol. The van der Waals surface area contributed by atoms with Gasteiger partial charge in [0.25, 0.3) is 0 Å². The van der Waals surface area contributed by atoms with Gasteiger partial charge in [-0.15, -0.1) is 0 Å². The summed E-state index contributed by atoms with van der Waals surface area (Å²) in [4.78, 5) is 4.77. The van der Waals surface area contributed by atoms with Crippen molar-refractivity contribution >= 4 is 22.3 Å². The molecule has 0 radical (unpaired) electrons. The van der Waals surface area contributed by atoms with Crippen LogP contribution in [0, 0.1) is 12.8 Å². The van der Waals surface area contributed by atoms with Crippen molar-refractivity contribution in [1.29, 1.82) is 0 Å². The molecule has 5 nitrogen and oxygen atoms in total. The number of fused-ring (bicyclic) bond motifs is 1. The van der Waals surface area contributed by atoms with Crippen LogP contribution in [0.15, 0.2) is 42.7 Å². The van der Waals surface area contributed by atoms with Gasteiger partial charge in [-0.3, -0.25) is 4.21 Å². The predicted octanol–water partition coefficient (Wildman–Crippen LogP) is 3.28. The lowest BCUT2D eigenvalue weighted by Gasteiger charge is -2.21. The minimum atomic E-state index is -0.603. The Morgan fingerprint density at radius 1 is 1.28 bits per heavy atom. The second-order valence-electron chi connectivity index (χ2n) is 6.68. The molecule has 0 aliphatic carbocycles. The molecule has 3 aromatic rings. The van der Waals surface area contributed by atoms with E-state index in [-0.39, 0.29) is 0 Å². The van der Waals surface area contributed by atoms with E-state index in [1.807, 2.05) is 23.0 Å². The zero-order chi connectivity index (χ0) is 17.2. The van der Waals surface area contributed by atoms with Crippen molar-refractivity contribution in [1.82, 2.24) is 14.6 Å². The van der Waals surface area contributed by atoms with Crippen LogP contribution in [0.5, 0.6) is 0 Å². The maximum Gasteiger partial charge on any atom is 0.165 e. The Morgan fingerprint density at radius 3 is 2.92 bits per heavy atom. The lowest BCUT2D eigenvalue weighted by molar-refractivity contribution is 0.504. The number of nitrogens with zero attached hydrogens (tertiary/aromatic N) is 3. The van der Waals surface area contributed by atoms with E-state index < -0.39 is 10.8 Å². The molecule has 1 N–H and O–H groups in total. The van der Waals surface area contributed by atoms with Gasteiger partial charge in [-0.2, -0.15) is 5.10 Å². The molecule has 1 aromatic carbocycles. The third kappa shape index (κ3) is 3.58. The highest BCUT2D eigenvalue weighted by Crippen LogP contribution is 2.25. The van der Waals surface area contributed by atoms with E-state index in [9.17, 15) is 4.21 Å². The largest absolute Gasteiger partial charge is 0.370 e. The Balaban J connectivity index is 1.55. The second-order valence-corrected chi connectivity index (χ2v) is 8.38. The summed E-state index contributed by atoms with van der Waals surface area (Å²) in [6.45, 7) is 2.97. The molecule has 0 atom stereocenters. The minimum Gasteiger partial charge on any atom is -0.370 e. The van der Waals surface area contributed by atoms with Crippen molar-refractivity contribution in [2.24, 2.45) is 5.92 Å². The number of aryl methyl sites for hydroxylation is 1. The summed E-state index contributed by atoms with van der Waals surface area (Å²) < 4.78 is 13.3. The zero-order valence-corrected chi connectivity index (χ0v) is 15.1. The first-order valence-corrected chi connectivity index (χ1v) is 10.2. The Bertz CT molecular complexity index is 911. The molecule has 3 heterocycles. The summed E-state index contributed by atoms with van der Waals surface area (Å²) in [5, 5.41) is 7.87. The molecule has 1 saturated heterocycles. The van der Waals surface area contributed by atoms with E-state index >= 15 is 0 Å². The zero-order valence-electron chi connectivity index (χ0n) is 14.3. The first-order chi connectivity index (χ1) is 12.2. The summed E-state index contributed by atoms with van der Waals surface area (Å²) in [6, 6.07) is 10.4. The van der Waals surface area contributed by atoms with Crippen molar-refractivity contribution in [2.45, 2.75) is 19.8 Å². The van der Waals surface area contributed by atoms with Gasteiger partial charge in [-0.25, -0.2) is 9.50 Å². The van der Waals surface area contributed by atoms with Crippen LogP contribution in [-0.4, -0.2) is 36.9 Å². The minimum absolute atomic E-state index is 0.580. The van der Waals surface area contributed by atoms with Crippen molar-refractivity contribution in [2.75, 3.05) is 23.4 Å². The molecular formula is C19H22N4OS. The SMILES string of the molecule is Cc1cccc(-c2cnn3ccc(NCC4CCS(=O)CC4)nc23)c1. The number of benzene rings is 1. The second kappa shape index (κ2) is 6.96. The van der Waals surface area contributed by atoms with Crippen LogP contribution in [-0.2, 0) is 10.8 Å². The fraction of sp³-hybridized carbons (Fsp3) is 0.368. The predicted molar refractivity (Wildman–Crippen MR) is 102 cm³/mol. The molecule has 25 heavy (non-hydrogen) atoms. The van der Waals surface area contributed by atoms with Gasteiger partial charge in [-0.05, 0) is 37.3 Å². The third-order valence-corrected chi connectivity index (χ3v) is 6.16. The van der Waals surface area contributed by atoms with Gasteiger partial charge in [0.1, 0.15) is 5.82 Å². The molecule has 0 unspecified atom stereocenters. The number of anilines is 1. The van der Waals surface area contributed by atoms with Crippen molar-refractivity contribution < 1.29 is 4.21 Å². The molecule has 130 valence electrons. The molecule has 2 aromatic heterocycles. The molecule has 4 rings (SSSR count). The Kier molecular flexibility index (Phi) is 4.53. The average Bonchev–Trinajstić information content (AvgIpc) is 3.04. The summed E-state index contributed by atoms with van der Waals surface area (Å²) in [5.41, 5.74) is 4.26. The van der Waals surface area contributed by atoms with Gasteiger partial charge in [0.05, 0.1) is 6.20 Å². The van der Waals surface area contributed by atoms with Crippen LogP contribution in [0.25, 0.3) is 16.8 Å². The molecule has 1 aliphatic rings. The van der Waals surface area contributed by atoms with Gasteiger partial charge >= 0.3 is 0 Å². The van der Waals surface area contributed by atoms with Crippen LogP contribution in [0.3, 0.4) is 0 Å². The molecule has 0 saturated carbocycles. The topological polar surface area (TPSA) is 59.3 Å². The van der Waals surface area contributed by atoms with Crippen LogP contribution < -0.4 is 5.32 Å². The summed E-state index contributed by atoms with van der Waals surface area (Å²) in [5.74, 6) is 3.11. The fourth-order valence-electron chi connectivity index (χ4n) is 3.28. The Morgan fingerprint density at radius 2 is 2.12 bits per heavy atom. The lowest BCUT2D eigenvalue weighted by Crippen LogP contribution is -2.24. The molecule has 0 bridgehead atoms. The highest BCUT2D eigenvalue weighted by Gasteiger charge is 2.18. The van der Waals surface area contributed by atoms with Crippen molar-refractivity contribution in [3.8, 4) is 11.1 Å². The number of hydrogen-bond acceptors (Lipinski definition) is 4.